The van der Waals surface area contributed by atoms with Crippen molar-refractivity contribution in [1.29, 1.82) is 0 Å². The number of anilines is 2. The van der Waals surface area contributed by atoms with E-state index in [0.29, 0.717) is 0 Å². The van der Waals surface area contributed by atoms with Crippen LogP contribution in [0.2, 0.25) is 0 Å². The predicted octanol–water partition coefficient (Wildman–Crippen LogP) is 3.35. The number of hydrogen-bond donors (Lipinski definition) is 2. The first-order chi connectivity index (χ1) is 9.79. The van der Waals surface area contributed by atoms with Crippen molar-refractivity contribution < 1.29 is 4.74 Å². The van der Waals surface area contributed by atoms with Gasteiger partial charge in [-0.3, -0.25) is 0 Å². The van der Waals surface area contributed by atoms with Crippen LogP contribution in [0.15, 0.2) is 0 Å². The Labute approximate surface area is 128 Å². The molecule has 1 atom stereocenters. The fourth-order valence-corrected chi connectivity index (χ4v) is 1.76. The zero-order valence-corrected chi connectivity index (χ0v) is 14.5. The maximum Gasteiger partial charge on any atom is 0.138 e. The zero-order valence-electron chi connectivity index (χ0n) is 14.5. The summed E-state index contributed by atoms with van der Waals surface area (Å²) in [6, 6.07) is 0. The van der Waals surface area contributed by atoms with E-state index in [1.807, 2.05) is 13.8 Å². The van der Waals surface area contributed by atoms with Crippen LogP contribution in [0, 0.1) is 6.92 Å². The molecule has 21 heavy (non-hydrogen) atoms. The lowest BCUT2D eigenvalue weighted by Gasteiger charge is -2.22. The molecule has 2 N–H and O–H groups in total. The molecule has 120 valence electrons. The molecule has 0 amide bonds. The maximum atomic E-state index is 5.28. The number of hydrogen-bond acceptors (Lipinski definition) is 5. The average molecular weight is 294 g/mol. The molecule has 0 aliphatic heterocycles. The van der Waals surface area contributed by atoms with E-state index in [0.717, 1.165) is 42.5 Å². The molecule has 1 aromatic heterocycles. The Morgan fingerprint density at radius 3 is 2.19 bits per heavy atom. The largest absolute Gasteiger partial charge is 0.380 e. The highest BCUT2D eigenvalue weighted by atomic mass is 16.5. The lowest BCUT2D eigenvalue weighted by Crippen LogP contribution is -2.23. The molecule has 5 nitrogen and oxygen atoms in total. The molecule has 0 spiro atoms. The van der Waals surface area contributed by atoms with E-state index in [1.54, 1.807) is 7.11 Å². The van der Waals surface area contributed by atoms with E-state index in [-0.39, 0.29) is 11.5 Å². The van der Waals surface area contributed by atoms with Crippen LogP contribution in [0.5, 0.6) is 0 Å². The molecule has 1 aromatic rings. The smallest absolute Gasteiger partial charge is 0.138 e. The summed E-state index contributed by atoms with van der Waals surface area (Å²) in [4.78, 5) is 9.40. The van der Waals surface area contributed by atoms with E-state index >= 15 is 0 Å². The summed E-state index contributed by atoms with van der Waals surface area (Å²) in [6.07, 6.45) is 1.21. The van der Waals surface area contributed by atoms with Gasteiger partial charge in [-0.15, -0.1) is 0 Å². The second kappa shape index (κ2) is 7.59. The van der Waals surface area contributed by atoms with Crippen molar-refractivity contribution in [3.05, 3.63) is 11.4 Å². The summed E-state index contributed by atoms with van der Waals surface area (Å²) in [5, 5.41) is 6.77. The van der Waals surface area contributed by atoms with Crippen molar-refractivity contribution in [1.82, 2.24) is 9.97 Å². The summed E-state index contributed by atoms with van der Waals surface area (Å²) in [5.74, 6) is 2.65. The van der Waals surface area contributed by atoms with Gasteiger partial charge < -0.3 is 15.4 Å². The highest BCUT2D eigenvalue weighted by Gasteiger charge is 2.21. The SMILES string of the molecule is CCCNc1nc(C(C)(C)C)nc(NCC(C)OC)c1C. The molecule has 0 aromatic carbocycles. The van der Waals surface area contributed by atoms with Crippen LogP contribution in [-0.2, 0) is 10.2 Å². The first-order valence-corrected chi connectivity index (χ1v) is 7.69. The van der Waals surface area contributed by atoms with Crippen LogP contribution in [0.1, 0.15) is 52.4 Å². The molecular formula is C16H30N4O. The molecule has 0 aliphatic rings. The van der Waals surface area contributed by atoms with E-state index in [2.05, 4.69) is 38.3 Å². The molecule has 0 saturated heterocycles. The summed E-state index contributed by atoms with van der Waals surface area (Å²) >= 11 is 0. The second-order valence-electron chi connectivity index (χ2n) is 6.47. The Bertz CT molecular complexity index is 454. The monoisotopic (exact) mass is 294 g/mol. The maximum absolute atomic E-state index is 5.28. The van der Waals surface area contributed by atoms with Gasteiger partial charge in [-0.05, 0) is 20.3 Å². The standard InChI is InChI=1S/C16H30N4O/c1-8-9-17-13-12(3)14(18-10-11(2)21-7)20-15(19-13)16(4,5)6/h11H,8-10H2,1-7H3,(H2,17,18,19,20). The Morgan fingerprint density at radius 2 is 1.71 bits per heavy atom. The van der Waals surface area contributed by atoms with E-state index in [4.69, 9.17) is 14.7 Å². The van der Waals surface area contributed by atoms with Crippen LogP contribution in [0.25, 0.3) is 0 Å². The van der Waals surface area contributed by atoms with Gasteiger partial charge in [0.15, 0.2) is 0 Å². The average Bonchev–Trinajstić information content (AvgIpc) is 2.43. The number of rotatable bonds is 7. The summed E-state index contributed by atoms with van der Waals surface area (Å²) in [5.41, 5.74) is 0.972. The number of nitrogens with one attached hydrogen (secondary N) is 2. The molecule has 1 rings (SSSR count). The molecule has 0 fully saturated rings. The Balaban J connectivity index is 3.08. The van der Waals surface area contributed by atoms with E-state index in [9.17, 15) is 0 Å². The predicted molar refractivity (Wildman–Crippen MR) is 89.2 cm³/mol. The van der Waals surface area contributed by atoms with Crippen LogP contribution in [-0.4, -0.2) is 36.3 Å². The number of methoxy groups -OCH3 is 1. The Morgan fingerprint density at radius 1 is 1.14 bits per heavy atom. The summed E-state index contributed by atoms with van der Waals surface area (Å²) < 4.78 is 5.28. The van der Waals surface area contributed by atoms with Crippen LogP contribution >= 0.6 is 0 Å². The highest BCUT2D eigenvalue weighted by Crippen LogP contribution is 2.26. The minimum atomic E-state index is -0.0837. The van der Waals surface area contributed by atoms with Gasteiger partial charge >= 0.3 is 0 Å². The van der Waals surface area contributed by atoms with Gasteiger partial charge in [0.1, 0.15) is 17.5 Å². The summed E-state index contributed by atoms with van der Waals surface area (Å²) in [6.45, 7) is 14.2. The van der Waals surface area contributed by atoms with Gasteiger partial charge in [-0.1, -0.05) is 27.7 Å². The van der Waals surface area contributed by atoms with Crippen molar-refractivity contribution in [2.45, 2.75) is 59.5 Å². The van der Waals surface area contributed by atoms with Gasteiger partial charge in [0.2, 0.25) is 0 Å². The zero-order chi connectivity index (χ0) is 16.0. The molecule has 0 saturated carbocycles. The van der Waals surface area contributed by atoms with Crippen molar-refractivity contribution >= 4 is 11.6 Å². The minimum Gasteiger partial charge on any atom is -0.380 e. The van der Waals surface area contributed by atoms with Crippen molar-refractivity contribution in [2.75, 3.05) is 30.8 Å². The van der Waals surface area contributed by atoms with Crippen LogP contribution in [0.4, 0.5) is 11.6 Å². The van der Waals surface area contributed by atoms with Crippen LogP contribution < -0.4 is 10.6 Å². The minimum absolute atomic E-state index is 0.0837. The van der Waals surface area contributed by atoms with Gasteiger partial charge in [0, 0.05) is 31.2 Å². The lowest BCUT2D eigenvalue weighted by atomic mass is 9.95. The van der Waals surface area contributed by atoms with E-state index < -0.39 is 0 Å². The Kier molecular flexibility index (Phi) is 6.40. The molecule has 1 heterocycles. The first kappa shape index (κ1) is 17.7. The molecule has 5 heteroatoms. The lowest BCUT2D eigenvalue weighted by molar-refractivity contribution is 0.128. The van der Waals surface area contributed by atoms with Gasteiger partial charge in [0.25, 0.3) is 0 Å². The molecule has 1 unspecified atom stereocenters. The molecule has 0 radical (unpaired) electrons. The Hall–Kier alpha value is -1.36. The normalized spacial score (nSPS) is 13.1. The second-order valence-corrected chi connectivity index (χ2v) is 6.47. The first-order valence-electron chi connectivity index (χ1n) is 7.69. The third kappa shape index (κ3) is 5.16. The van der Waals surface area contributed by atoms with Gasteiger partial charge in [-0.25, -0.2) is 9.97 Å². The van der Waals surface area contributed by atoms with Gasteiger partial charge in [-0.2, -0.15) is 0 Å². The molecule has 0 bridgehead atoms. The number of nitrogens with zero attached hydrogens (tertiary/aromatic N) is 2. The highest BCUT2D eigenvalue weighted by molar-refractivity contribution is 5.57. The fourth-order valence-electron chi connectivity index (χ4n) is 1.76. The number of aromatic nitrogens is 2. The fraction of sp³-hybridized carbons (Fsp3) is 0.750. The van der Waals surface area contributed by atoms with E-state index in [1.165, 1.54) is 0 Å². The molecular weight excluding hydrogens is 264 g/mol. The summed E-state index contributed by atoms with van der Waals surface area (Å²) in [7, 11) is 1.72. The van der Waals surface area contributed by atoms with Gasteiger partial charge in [0.05, 0.1) is 6.10 Å². The number of ether oxygens (including phenoxy) is 1. The quantitative estimate of drug-likeness (QED) is 0.807. The van der Waals surface area contributed by atoms with Crippen molar-refractivity contribution in [2.24, 2.45) is 0 Å². The topological polar surface area (TPSA) is 59.1 Å². The van der Waals surface area contributed by atoms with Crippen LogP contribution in [0.3, 0.4) is 0 Å². The third-order valence-corrected chi connectivity index (χ3v) is 3.32. The molecule has 0 aliphatic carbocycles. The van der Waals surface area contributed by atoms with Crippen molar-refractivity contribution in [3.8, 4) is 0 Å². The van der Waals surface area contributed by atoms with Crippen molar-refractivity contribution in [3.63, 3.8) is 0 Å². The third-order valence-electron chi connectivity index (χ3n) is 3.32.